The van der Waals surface area contributed by atoms with Crippen molar-refractivity contribution in [2.75, 3.05) is 19.6 Å². The fourth-order valence-corrected chi connectivity index (χ4v) is 4.65. The monoisotopic (exact) mass is 431 g/mol. The molecule has 5 rings (SSSR count). The first-order valence-corrected chi connectivity index (χ1v) is 11.5. The van der Waals surface area contributed by atoms with Gasteiger partial charge in [-0.3, -0.25) is 4.98 Å². The summed E-state index contributed by atoms with van der Waals surface area (Å²) in [6.45, 7) is 2.06. The Morgan fingerprint density at radius 3 is 2.66 bits per heavy atom. The van der Waals surface area contributed by atoms with Gasteiger partial charge in [0.05, 0.1) is 5.56 Å². The first kappa shape index (κ1) is 20.7. The van der Waals surface area contributed by atoms with Crippen molar-refractivity contribution < 1.29 is 9.32 Å². The van der Waals surface area contributed by atoms with Crippen LogP contribution in [0.25, 0.3) is 11.5 Å². The summed E-state index contributed by atoms with van der Waals surface area (Å²) in [4.78, 5) is 23.6. The summed E-state index contributed by atoms with van der Waals surface area (Å²) in [6, 6.07) is 14.1. The van der Waals surface area contributed by atoms with Crippen LogP contribution in [0.5, 0.6) is 0 Å². The Morgan fingerprint density at radius 1 is 1.12 bits per heavy atom. The van der Waals surface area contributed by atoms with E-state index in [9.17, 15) is 4.79 Å². The molecule has 2 aliphatic rings. The first-order valence-electron chi connectivity index (χ1n) is 11.5. The SMILES string of the molecule is O=C(NCCc1ccccc1)N1CCC(CC2CC2)(c2noc(-c3cccnc3)n2)CC1. The van der Waals surface area contributed by atoms with Gasteiger partial charge in [0, 0.05) is 37.4 Å². The fourth-order valence-electron chi connectivity index (χ4n) is 4.65. The number of carbonyl (C=O) groups is 1. The molecule has 0 atom stereocenters. The van der Waals surface area contributed by atoms with Gasteiger partial charge in [-0.2, -0.15) is 4.98 Å². The molecule has 2 fully saturated rings. The van der Waals surface area contributed by atoms with Crippen molar-refractivity contribution in [3.05, 3.63) is 66.2 Å². The molecule has 2 amide bonds. The third-order valence-corrected chi connectivity index (χ3v) is 6.73. The van der Waals surface area contributed by atoms with Gasteiger partial charge < -0.3 is 14.7 Å². The van der Waals surface area contributed by atoms with Crippen LogP contribution >= 0.6 is 0 Å². The molecule has 1 aromatic carbocycles. The van der Waals surface area contributed by atoms with Crippen molar-refractivity contribution in [2.45, 2.75) is 43.9 Å². The molecule has 166 valence electrons. The summed E-state index contributed by atoms with van der Waals surface area (Å²) in [7, 11) is 0. The van der Waals surface area contributed by atoms with E-state index < -0.39 is 0 Å². The number of nitrogens with zero attached hydrogens (tertiary/aromatic N) is 4. The molecule has 32 heavy (non-hydrogen) atoms. The Bertz CT molecular complexity index is 1020. The summed E-state index contributed by atoms with van der Waals surface area (Å²) in [5.74, 6) is 2.04. The molecule has 0 radical (unpaired) electrons. The van der Waals surface area contributed by atoms with E-state index in [1.165, 1.54) is 18.4 Å². The zero-order chi connectivity index (χ0) is 21.8. The highest BCUT2D eigenvalue weighted by molar-refractivity contribution is 5.74. The molecule has 1 aliphatic carbocycles. The second kappa shape index (κ2) is 9.10. The van der Waals surface area contributed by atoms with Gasteiger partial charge in [-0.25, -0.2) is 4.79 Å². The second-order valence-corrected chi connectivity index (χ2v) is 9.05. The smallest absolute Gasteiger partial charge is 0.317 e. The molecule has 0 unspecified atom stereocenters. The topological polar surface area (TPSA) is 84.2 Å². The van der Waals surface area contributed by atoms with E-state index in [2.05, 4.69) is 27.6 Å². The highest BCUT2D eigenvalue weighted by atomic mass is 16.5. The van der Waals surface area contributed by atoms with Crippen LogP contribution in [0.3, 0.4) is 0 Å². The Balaban J connectivity index is 1.22. The van der Waals surface area contributed by atoms with Crippen molar-refractivity contribution in [1.82, 2.24) is 25.3 Å². The van der Waals surface area contributed by atoms with Gasteiger partial charge in [0.1, 0.15) is 0 Å². The molecule has 3 aromatic rings. The summed E-state index contributed by atoms with van der Waals surface area (Å²) in [5, 5.41) is 7.47. The van der Waals surface area contributed by atoms with Gasteiger partial charge in [-0.15, -0.1) is 0 Å². The maximum absolute atomic E-state index is 12.7. The van der Waals surface area contributed by atoms with Gasteiger partial charge >= 0.3 is 6.03 Å². The Labute approximate surface area is 188 Å². The predicted octanol–water partition coefficient (Wildman–Crippen LogP) is 4.22. The van der Waals surface area contributed by atoms with E-state index in [-0.39, 0.29) is 11.4 Å². The maximum Gasteiger partial charge on any atom is 0.317 e. The molecule has 7 nitrogen and oxygen atoms in total. The molecule has 0 bridgehead atoms. The minimum atomic E-state index is -0.119. The number of hydrogen-bond acceptors (Lipinski definition) is 5. The summed E-state index contributed by atoms with van der Waals surface area (Å²) in [5.41, 5.74) is 1.95. The van der Waals surface area contributed by atoms with Crippen LogP contribution < -0.4 is 5.32 Å². The van der Waals surface area contributed by atoms with Crippen LogP contribution in [0, 0.1) is 5.92 Å². The highest BCUT2D eigenvalue weighted by Crippen LogP contribution is 2.46. The lowest BCUT2D eigenvalue weighted by molar-refractivity contribution is 0.144. The number of benzene rings is 1. The van der Waals surface area contributed by atoms with E-state index in [1.807, 2.05) is 35.2 Å². The summed E-state index contributed by atoms with van der Waals surface area (Å²) in [6.07, 6.45) is 9.67. The number of likely N-dealkylation sites (tertiary alicyclic amines) is 1. The minimum Gasteiger partial charge on any atom is -0.338 e. The van der Waals surface area contributed by atoms with Crippen molar-refractivity contribution >= 4 is 6.03 Å². The lowest BCUT2D eigenvalue weighted by Gasteiger charge is -2.40. The highest BCUT2D eigenvalue weighted by Gasteiger charge is 2.44. The molecule has 1 saturated heterocycles. The molecular formula is C25H29N5O2. The predicted molar refractivity (Wildman–Crippen MR) is 121 cm³/mol. The van der Waals surface area contributed by atoms with Gasteiger partial charge in [-0.1, -0.05) is 48.3 Å². The van der Waals surface area contributed by atoms with Crippen LogP contribution in [0.4, 0.5) is 4.79 Å². The van der Waals surface area contributed by atoms with Crippen LogP contribution in [-0.2, 0) is 11.8 Å². The van der Waals surface area contributed by atoms with E-state index in [4.69, 9.17) is 9.51 Å². The molecule has 7 heteroatoms. The van der Waals surface area contributed by atoms with Gasteiger partial charge in [0.2, 0.25) is 0 Å². The molecule has 1 N–H and O–H groups in total. The number of pyridine rings is 1. The Kier molecular flexibility index (Phi) is 5.88. The molecule has 1 aliphatic heterocycles. The van der Waals surface area contributed by atoms with Crippen molar-refractivity contribution in [2.24, 2.45) is 5.92 Å². The number of aromatic nitrogens is 3. The zero-order valence-corrected chi connectivity index (χ0v) is 18.2. The third kappa shape index (κ3) is 4.66. The van der Waals surface area contributed by atoms with Crippen LogP contribution in [-0.4, -0.2) is 45.7 Å². The number of rotatable bonds is 7. The van der Waals surface area contributed by atoms with E-state index in [0.717, 1.165) is 43.0 Å². The summed E-state index contributed by atoms with van der Waals surface area (Å²) >= 11 is 0. The quantitative estimate of drug-likeness (QED) is 0.606. The second-order valence-electron chi connectivity index (χ2n) is 9.05. The lowest BCUT2D eigenvalue weighted by atomic mass is 9.73. The normalized spacial score (nSPS) is 17.8. The van der Waals surface area contributed by atoms with Crippen LogP contribution in [0.1, 0.15) is 43.5 Å². The van der Waals surface area contributed by atoms with Gasteiger partial charge in [0.25, 0.3) is 5.89 Å². The molecule has 3 heterocycles. The van der Waals surface area contributed by atoms with Gasteiger partial charge in [-0.05, 0) is 49.3 Å². The first-order chi connectivity index (χ1) is 15.7. The number of urea groups is 1. The minimum absolute atomic E-state index is 0.0186. The number of nitrogens with one attached hydrogen (secondary N) is 1. The van der Waals surface area contributed by atoms with E-state index >= 15 is 0 Å². The average molecular weight is 432 g/mol. The third-order valence-electron chi connectivity index (χ3n) is 6.73. The van der Waals surface area contributed by atoms with E-state index in [0.29, 0.717) is 25.5 Å². The van der Waals surface area contributed by atoms with Gasteiger partial charge in [0.15, 0.2) is 5.82 Å². The van der Waals surface area contributed by atoms with Crippen LogP contribution in [0.15, 0.2) is 59.4 Å². The number of piperidine rings is 1. The molecule has 1 saturated carbocycles. The van der Waals surface area contributed by atoms with Crippen molar-refractivity contribution in [3.63, 3.8) is 0 Å². The fraction of sp³-hybridized carbons (Fsp3) is 0.440. The number of carbonyl (C=O) groups excluding carboxylic acids is 1. The number of amides is 2. The zero-order valence-electron chi connectivity index (χ0n) is 18.2. The standard InChI is InChI=1S/C25H29N5O2/c31-24(27-14-10-19-5-2-1-3-6-19)30-15-11-25(12-16-30,17-20-8-9-20)23-28-22(32-29-23)21-7-4-13-26-18-21/h1-7,13,18,20H,8-12,14-17H2,(H,27,31). The Hall–Kier alpha value is -3.22. The lowest BCUT2D eigenvalue weighted by Crippen LogP contribution is -2.49. The maximum atomic E-state index is 12.7. The number of hydrogen-bond donors (Lipinski definition) is 1. The average Bonchev–Trinajstić information content (AvgIpc) is 3.50. The van der Waals surface area contributed by atoms with Crippen LogP contribution in [0.2, 0.25) is 0 Å². The largest absolute Gasteiger partial charge is 0.338 e. The summed E-state index contributed by atoms with van der Waals surface area (Å²) < 4.78 is 5.61. The van der Waals surface area contributed by atoms with Crippen molar-refractivity contribution in [1.29, 1.82) is 0 Å². The van der Waals surface area contributed by atoms with Crippen molar-refractivity contribution in [3.8, 4) is 11.5 Å². The molecule has 0 spiro atoms. The molecular weight excluding hydrogens is 402 g/mol. The molecule has 2 aromatic heterocycles. The van der Waals surface area contributed by atoms with E-state index in [1.54, 1.807) is 12.4 Å². The Morgan fingerprint density at radius 2 is 1.94 bits per heavy atom.